The van der Waals surface area contributed by atoms with Crippen molar-refractivity contribution < 1.29 is 15.1 Å². The van der Waals surface area contributed by atoms with Crippen LogP contribution >= 0.6 is 0 Å². The van der Waals surface area contributed by atoms with Gasteiger partial charge < -0.3 is 20.0 Å². The average Bonchev–Trinajstić information content (AvgIpc) is 2.46. The summed E-state index contributed by atoms with van der Waals surface area (Å²) in [6, 6.07) is 4.40. The number of likely N-dealkylation sites (N-methyl/N-ethyl adjacent to an activating group) is 1. The molecule has 1 fully saturated rings. The van der Waals surface area contributed by atoms with Crippen LogP contribution < -0.4 is 4.90 Å². The fourth-order valence-electron chi connectivity index (χ4n) is 2.58. The predicted molar refractivity (Wildman–Crippen MR) is 74.7 cm³/mol. The Labute approximate surface area is 117 Å². The van der Waals surface area contributed by atoms with Gasteiger partial charge in [-0.2, -0.15) is 0 Å². The molecule has 0 spiro atoms. The molecule has 0 aliphatic carbocycles. The third kappa shape index (κ3) is 2.90. The summed E-state index contributed by atoms with van der Waals surface area (Å²) >= 11 is 0. The molecule has 7 heteroatoms. The van der Waals surface area contributed by atoms with Crippen molar-refractivity contribution in [3.63, 3.8) is 0 Å². The molecule has 110 valence electrons. The van der Waals surface area contributed by atoms with Crippen LogP contribution in [0, 0.1) is 10.1 Å². The minimum atomic E-state index is -0.476. The summed E-state index contributed by atoms with van der Waals surface area (Å²) in [6.07, 6.45) is 0. The molecule has 1 aromatic rings. The monoisotopic (exact) mass is 281 g/mol. The Kier molecular flexibility index (Phi) is 4.53. The Morgan fingerprint density at radius 2 is 2.15 bits per heavy atom. The molecule has 7 nitrogen and oxygen atoms in total. The van der Waals surface area contributed by atoms with E-state index in [4.69, 9.17) is 0 Å². The summed E-state index contributed by atoms with van der Waals surface area (Å²) in [6.45, 7) is 2.02. The minimum Gasteiger partial charge on any atom is -0.394 e. The summed E-state index contributed by atoms with van der Waals surface area (Å²) in [4.78, 5) is 14.4. The van der Waals surface area contributed by atoms with Gasteiger partial charge in [0.15, 0.2) is 0 Å². The van der Waals surface area contributed by atoms with Crippen LogP contribution in [0.5, 0.6) is 0 Å². The first-order chi connectivity index (χ1) is 9.56. The number of anilines is 1. The topological polar surface area (TPSA) is 90.1 Å². The molecule has 1 atom stereocenters. The molecule has 1 saturated heterocycles. The van der Waals surface area contributed by atoms with E-state index in [1.165, 1.54) is 12.1 Å². The van der Waals surface area contributed by atoms with E-state index >= 15 is 0 Å². The SMILES string of the molecule is CN1CCN(c2ccc([N+](=O)[O-])cc2CO)C(CO)C1. The van der Waals surface area contributed by atoms with Gasteiger partial charge in [0, 0.05) is 43.0 Å². The van der Waals surface area contributed by atoms with Crippen LogP contribution in [0.25, 0.3) is 0 Å². The van der Waals surface area contributed by atoms with Crippen molar-refractivity contribution in [2.24, 2.45) is 0 Å². The summed E-state index contributed by atoms with van der Waals surface area (Å²) in [5.74, 6) is 0. The van der Waals surface area contributed by atoms with Crippen LogP contribution in [0.2, 0.25) is 0 Å². The number of hydrogen-bond acceptors (Lipinski definition) is 6. The number of rotatable bonds is 4. The van der Waals surface area contributed by atoms with Crippen LogP contribution in [0.1, 0.15) is 5.56 Å². The Bertz CT molecular complexity index is 495. The molecule has 20 heavy (non-hydrogen) atoms. The fourth-order valence-corrected chi connectivity index (χ4v) is 2.58. The van der Waals surface area contributed by atoms with Gasteiger partial charge in [-0.25, -0.2) is 0 Å². The number of nitrogens with zero attached hydrogens (tertiary/aromatic N) is 3. The van der Waals surface area contributed by atoms with Crippen molar-refractivity contribution >= 4 is 11.4 Å². The maximum atomic E-state index is 10.8. The lowest BCUT2D eigenvalue weighted by molar-refractivity contribution is -0.384. The molecule has 0 aromatic heterocycles. The molecule has 1 aliphatic heterocycles. The summed E-state index contributed by atoms with van der Waals surface area (Å²) < 4.78 is 0. The molecular formula is C13H19N3O4. The van der Waals surface area contributed by atoms with Gasteiger partial charge >= 0.3 is 0 Å². The number of nitro groups is 1. The van der Waals surface area contributed by atoms with E-state index in [0.717, 1.165) is 18.8 Å². The first-order valence-electron chi connectivity index (χ1n) is 6.51. The lowest BCUT2D eigenvalue weighted by Gasteiger charge is -2.41. The molecule has 0 amide bonds. The zero-order valence-electron chi connectivity index (χ0n) is 11.4. The van der Waals surface area contributed by atoms with Gasteiger partial charge in [-0.15, -0.1) is 0 Å². The van der Waals surface area contributed by atoms with E-state index in [1.807, 2.05) is 11.9 Å². The second kappa shape index (κ2) is 6.17. The van der Waals surface area contributed by atoms with Gasteiger partial charge in [-0.3, -0.25) is 10.1 Å². The maximum Gasteiger partial charge on any atom is 0.269 e. The standard InChI is InChI=1S/C13H19N3O4/c1-14-4-5-15(12(7-14)9-18)13-3-2-11(16(19)20)6-10(13)8-17/h2-3,6,12,17-18H,4-5,7-9H2,1H3. The molecule has 0 radical (unpaired) electrons. The van der Waals surface area contributed by atoms with Gasteiger partial charge in [0.2, 0.25) is 0 Å². The first kappa shape index (κ1) is 14.7. The van der Waals surface area contributed by atoms with Crippen LogP contribution in [-0.4, -0.2) is 59.4 Å². The number of nitro benzene ring substituents is 1. The molecule has 1 heterocycles. The van der Waals surface area contributed by atoms with Crippen molar-refractivity contribution in [2.45, 2.75) is 12.6 Å². The highest BCUT2D eigenvalue weighted by atomic mass is 16.6. The Morgan fingerprint density at radius 1 is 1.40 bits per heavy atom. The summed E-state index contributed by atoms with van der Waals surface area (Å²) in [5.41, 5.74) is 1.24. The number of piperazine rings is 1. The molecule has 2 rings (SSSR count). The normalized spacial score (nSPS) is 20.1. The number of aliphatic hydroxyl groups excluding tert-OH is 2. The number of aliphatic hydroxyl groups is 2. The highest BCUT2D eigenvalue weighted by Gasteiger charge is 2.27. The smallest absolute Gasteiger partial charge is 0.269 e. The third-order valence-electron chi connectivity index (χ3n) is 3.65. The van der Waals surface area contributed by atoms with E-state index in [9.17, 15) is 20.3 Å². The van der Waals surface area contributed by atoms with Crippen molar-refractivity contribution in [3.8, 4) is 0 Å². The Morgan fingerprint density at radius 3 is 2.75 bits per heavy atom. The van der Waals surface area contributed by atoms with Crippen molar-refractivity contribution in [1.82, 2.24) is 4.90 Å². The number of non-ortho nitro benzene ring substituents is 1. The quantitative estimate of drug-likeness (QED) is 0.605. The third-order valence-corrected chi connectivity index (χ3v) is 3.65. The van der Waals surface area contributed by atoms with Crippen molar-refractivity contribution in [2.75, 3.05) is 38.2 Å². The first-order valence-corrected chi connectivity index (χ1v) is 6.51. The second-order valence-corrected chi connectivity index (χ2v) is 5.02. The van der Waals surface area contributed by atoms with Crippen molar-refractivity contribution in [3.05, 3.63) is 33.9 Å². The highest BCUT2D eigenvalue weighted by Crippen LogP contribution is 2.28. The molecule has 1 unspecified atom stereocenters. The van der Waals surface area contributed by atoms with E-state index in [2.05, 4.69) is 4.90 Å². The van der Waals surface area contributed by atoms with E-state index < -0.39 is 4.92 Å². The van der Waals surface area contributed by atoms with Gasteiger partial charge in [-0.1, -0.05) is 0 Å². The van der Waals surface area contributed by atoms with Gasteiger partial charge in [0.1, 0.15) is 0 Å². The van der Waals surface area contributed by atoms with E-state index in [0.29, 0.717) is 12.1 Å². The van der Waals surface area contributed by atoms with Crippen molar-refractivity contribution in [1.29, 1.82) is 0 Å². The molecule has 1 aliphatic rings. The van der Waals surface area contributed by atoms with Gasteiger partial charge in [-0.05, 0) is 13.1 Å². The predicted octanol–water partition coefficient (Wildman–Crippen LogP) is 0.200. The average molecular weight is 281 g/mol. The lowest BCUT2D eigenvalue weighted by atomic mass is 10.1. The Hall–Kier alpha value is -1.70. The van der Waals surface area contributed by atoms with Crippen LogP contribution in [0.15, 0.2) is 18.2 Å². The zero-order valence-corrected chi connectivity index (χ0v) is 11.4. The number of benzene rings is 1. The molecule has 1 aromatic carbocycles. The Balaban J connectivity index is 2.33. The summed E-state index contributed by atoms with van der Waals surface area (Å²) in [5, 5.41) is 29.7. The lowest BCUT2D eigenvalue weighted by Crippen LogP contribution is -2.53. The molecule has 2 N–H and O–H groups in total. The molecular weight excluding hydrogens is 262 g/mol. The maximum absolute atomic E-state index is 10.8. The zero-order chi connectivity index (χ0) is 14.7. The largest absolute Gasteiger partial charge is 0.394 e. The van der Waals surface area contributed by atoms with E-state index in [1.54, 1.807) is 6.07 Å². The molecule has 0 bridgehead atoms. The molecule has 0 saturated carbocycles. The summed E-state index contributed by atoms with van der Waals surface area (Å²) in [7, 11) is 1.99. The van der Waals surface area contributed by atoms with Gasteiger partial charge in [0.05, 0.1) is 24.2 Å². The van der Waals surface area contributed by atoms with Crippen LogP contribution in [0.3, 0.4) is 0 Å². The van der Waals surface area contributed by atoms with Crippen LogP contribution in [0.4, 0.5) is 11.4 Å². The highest BCUT2D eigenvalue weighted by molar-refractivity contribution is 5.58. The minimum absolute atomic E-state index is 0.00615. The van der Waals surface area contributed by atoms with E-state index in [-0.39, 0.29) is 24.9 Å². The second-order valence-electron chi connectivity index (χ2n) is 5.02. The number of hydrogen-bond donors (Lipinski definition) is 2. The van der Waals surface area contributed by atoms with Gasteiger partial charge in [0.25, 0.3) is 5.69 Å². The van der Waals surface area contributed by atoms with Crippen LogP contribution in [-0.2, 0) is 6.61 Å². The fraction of sp³-hybridized carbons (Fsp3) is 0.538.